The molecule has 0 amide bonds. The van der Waals surface area contributed by atoms with E-state index in [-0.39, 0.29) is 0 Å². The Labute approximate surface area is 86.2 Å². The first-order valence-corrected chi connectivity index (χ1v) is 5.23. The lowest BCUT2D eigenvalue weighted by molar-refractivity contribution is -0.131. The van der Waals surface area contributed by atoms with Crippen LogP contribution in [0.4, 0.5) is 0 Å². The first-order valence-electron chi connectivity index (χ1n) is 5.23. The van der Waals surface area contributed by atoms with Gasteiger partial charge in [-0.1, -0.05) is 25.8 Å². The van der Waals surface area contributed by atoms with Crippen molar-refractivity contribution < 1.29 is 9.90 Å². The average molecular weight is 199 g/mol. The molecule has 0 saturated heterocycles. The topological polar surface area (TPSA) is 49.3 Å². The Morgan fingerprint density at radius 2 is 2.14 bits per heavy atom. The third-order valence-electron chi connectivity index (χ3n) is 2.17. The first-order chi connectivity index (χ1) is 6.60. The van der Waals surface area contributed by atoms with Crippen molar-refractivity contribution in [2.75, 3.05) is 6.54 Å². The van der Waals surface area contributed by atoms with E-state index in [1.165, 1.54) is 6.08 Å². The molecule has 0 saturated carbocycles. The molecule has 0 aliphatic rings. The molecule has 3 nitrogen and oxygen atoms in total. The van der Waals surface area contributed by atoms with E-state index in [0.717, 1.165) is 24.8 Å². The number of rotatable bonds is 7. The maximum absolute atomic E-state index is 10.3. The van der Waals surface area contributed by atoms with E-state index < -0.39 is 5.97 Å². The van der Waals surface area contributed by atoms with Crippen molar-refractivity contribution in [2.24, 2.45) is 0 Å². The Morgan fingerprint density at radius 1 is 1.50 bits per heavy atom. The summed E-state index contributed by atoms with van der Waals surface area (Å²) in [5.74, 6) is -0.868. The highest BCUT2D eigenvalue weighted by Crippen LogP contribution is 2.01. The predicted octanol–water partition coefficient (Wildman–Crippen LogP) is 2.19. The van der Waals surface area contributed by atoms with Gasteiger partial charge in [0, 0.05) is 18.7 Å². The minimum absolute atomic E-state index is 0.511. The number of hydrogen-bond donors (Lipinski definition) is 2. The van der Waals surface area contributed by atoms with Crippen molar-refractivity contribution in [3.05, 3.63) is 11.6 Å². The highest BCUT2D eigenvalue weighted by molar-refractivity contribution is 5.80. The van der Waals surface area contributed by atoms with E-state index in [9.17, 15) is 4.79 Å². The molecule has 0 aromatic heterocycles. The molecule has 14 heavy (non-hydrogen) atoms. The van der Waals surface area contributed by atoms with Crippen LogP contribution in [0.2, 0.25) is 0 Å². The van der Waals surface area contributed by atoms with E-state index in [4.69, 9.17) is 5.11 Å². The lowest BCUT2D eigenvalue weighted by Gasteiger charge is -2.15. The molecule has 1 unspecified atom stereocenters. The quantitative estimate of drug-likeness (QED) is 0.618. The molecule has 0 rings (SSSR count). The third-order valence-corrected chi connectivity index (χ3v) is 2.17. The molecular formula is C11H21NO2. The van der Waals surface area contributed by atoms with Gasteiger partial charge in [0.15, 0.2) is 0 Å². The van der Waals surface area contributed by atoms with Gasteiger partial charge >= 0.3 is 5.97 Å². The molecule has 82 valence electrons. The van der Waals surface area contributed by atoms with Crippen LogP contribution in [0.1, 0.15) is 40.0 Å². The Balaban J connectivity index is 3.84. The minimum atomic E-state index is -0.868. The molecule has 0 fully saturated rings. The summed E-state index contributed by atoms with van der Waals surface area (Å²) in [6, 6.07) is 0.511. The normalized spacial score (nSPS) is 14.1. The van der Waals surface area contributed by atoms with E-state index in [1.54, 1.807) is 0 Å². The van der Waals surface area contributed by atoms with Gasteiger partial charge in [-0.3, -0.25) is 0 Å². The van der Waals surface area contributed by atoms with Gasteiger partial charge in [-0.15, -0.1) is 0 Å². The molecule has 0 aliphatic heterocycles. The molecule has 0 bridgehead atoms. The Morgan fingerprint density at radius 3 is 2.57 bits per heavy atom. The van der Waals surface area contributed by atoms with Crippen LogP contribution in [0.25, 0.3) is 0 Å². The lowest BCUT2D eigenvalue weighted by Crippen LogP contribution is -2.29. The zero-order valence-corrected chi connectivity index (χ0v) is 9.34. The maximum atomic E-state index is 10.3. The van der Waals surface area contributed by atoms with E-state index in [1.807, 2.05) is 6.92 Å². The lowest BCUT2D eigenvalue weighted by atomic mass is 10.1. The second-order valence-corrected chi connectivity index (χ2v) is 3.60. The first kappa shape index (κ1) is 13.2. The fourth-order valence-corrected chi connectivity index (χ4v) is 1.37. The van der Waals surface area contributed by atoms with Gasteiger partial charge in [0.2, 0.25) is 0 Å². The van der Waals surface area contributed by atoms with Gasteiger partial charge in [0.1, 0.15) is 0 Å². The number of hydrogen-bond acceptors (Lipinski definition) is 2. The number of carboxylic acids is 1. The van der Waals surface area contributed by atoms with Gasteiger partial charge in [-0.05, 0) is 19.8 Å². The second kappa shape index (κ2) is 7.56. The third kappa shape index (κ3) is 6.66. The van der Waals surface area contributed by atoms with Crippen molar-refractivity contribution in [2.45, 2.75) is 46.1 Å². The van der Waals surface area contributed by atoms with Gasteiger partial charge in [-0.2, -0.15) is 0 Å². The van der Waals surface area contributed by atoms with Gasteiger partial charge in [0.05, 0.1) is 0 Å². The molecule has 0 spiro atoms. The standard InChI is InChI=1S/C11H21NO2/c1-4-6-10(5-2)12-8-9(3)7-11(13)14/h7,10,12H,4-6,8H2,1-3H3,(H,13,14). The van der Waals surface area contributed by atoms with Gasteiger partial charge in [0.25, 0.3) is 0 Å². The van der Waals surface area contributed by atoms with Crippen LogP contribution in [0.3, 0.4) is 0 Å². The SMILES string of the molecule is CCCC(CC)NCC(C)=CC(=O)O. The molecule has 0 aromatic rings. The van der Waals surface area contributed by atoms with Crippen molar-refractivity contribution in [1.29, 1.82) is 0 Å². The summed E-state index contributed by atoms with van der Waals surface area (Å²) in [6.45, 7) is 6.80. The number of nitrogens with one attached hydrogen (secondary N) is 1. The summed E-state index contributed by atoms with van der Waals surface area (Å²) in [6.07, 6.45) is 4.66. The minimum Gasteiger partial charge on any atom is -0.478 e. The molecule has 0 aliphatic carbocycles. The highest BCUT2D eigenvalue weighted by Gasteiger charge is 2.03. The number of carbonyl (C=O) groups is 1. The van der Waals surface area contributed by atoms with Crippen LogP contribution in [0, 0.1) is 0 Å². The molecule has 2 N–H and O–H groups in total. The molecular weight excluding hydrogens is 178 g/mol. The van der Waals surface area contributed by atoms with Crippen LogP contribution < -0.4 is 5.32 Å². The van der Waals surface area contributed by atoms with Crippen LogP contribution in [0.5, 0.6) is 0 Å². The van der Waals surface area contributed by atoms with Crippen molar-refractivity contribution >= 4 is 5.97 Å². The zero-order chi connectivity index (χ0) is 11.0. The fraction of sp³-hybridized carbons (Fsp3) is 0.727. The average Bonchev–Trinajstić information content (AvgIpc) is 2.11. The Bertz CT molecular complexity index is 199. The predicted molar refractivity (Wildman–Crippen MR) is 58.4 cm³/mol. The monoisotopic (exact) mass is 199 g/mol. The summed E-state index contributed by atoms with van der Waals surface area (Å²) >= 11 is 0. The van der Waals surface area contributed by atoms with Crippen LogP contribution in [0.15, 0.2) is 11.6 Å². The van der Waals surface area contributed by atoms with E-state index in [0.29, 0.717) is 12.6 Å². The summed E-state index contributed by atoms with van der Waals surface area (Å²) in [5, 5.41) is 11.8. The van der Waals surface area contributed by atoms with Crippen molar-refractivity contribution in [3.8, 4) is 0 Å². The number of aliphatic carboxylic acids is 1. The molecule has 0 heterocycles. The van der Waals surface area contributed by atoms with E-state index in [2.05, 4.69) is 19.2 Å². The molecule has 1 atom stereocenters. The van der Waals surface area contributed by atoms with Crippen molar-refractivity contribution in [1.82, 2.24) is 5.32 Å². The van der Waals surface area contributed by atoms with Gasteiger partial charge in [-0.25, -0.2) is 4.79 Å². The smallest absolute Gasteiger partial charge is 0.328 e. The molecule has 0 aromatic carbocycles. The zero-order valence-electron chi connectivity index (χ0n) is 9.34. The van der Waals surface area contributed by atoms with Crippen LogP contribution in [-0.4, -0.2) is 23.7 Å². The molecule has 3 heteroatoms. The van der Waals surface area contributed by atoms with Crippen LogP contribution >= 0.6 is 0 Å². The second-order valence-electron chi connectivity index (χ2n) is 3.60. The summed E-state index contributed by atoms with van der Waals surface area (Å²) < 4.78 is 0. The molecule has 0 radical (unpaired) electrons. The highest BCUT2D eigenvalue weighted by atomic mass is 16.4. The summed E-state index contributed by atoms with van der Waals surface area (Å²) in [5.41, 5.74) is 0.868. The van der Waals surface area contributed by atoms with E-state index >= 15 is 0 Å². The van der Waals surface area contributed by atoms with Gasteiger partial charge < -0.3 is 10.4 Å². The Hall–Kier alpha value is -0.830. The van der Waals surface area contributed by atoms with Crippen LogP contribution in [-0.2, 0) is 4.79 Å². The number of carboxylic acid groups (broad SMARTS) is 1. The summed E-state index contributed by atoms with van der Waals surface area (Å²) in [4.78, 5) is 10.3. The summed E-state index contributed by atoms with van der Waals surface area (Å²) in [7, 11) is 0. The maximum Gasteiger partial charge on any atom is 0.328 e. The fourth-order valence-electron chi connectivity index (χ4n) is 1.37. The largest absolute Gasteiger partial charge is 0.478 e. The van der Waals surface area contributed by atoms with Crippen molar-refractivity contribution in [3.63, 3.8) is 0 Å². The Kier molecular flexibility index (Phi) is 7.11.